The molecular formula is C26H30N4O4. The first-order valence-corrected chi connectivity index (χ1v) is 12.1. The molecule has 178 valence electrons. The second-order valence-electron chi connectivity index (χ2n) is 9.25. The van der Waals surface area contributed by atoms with E-state index in [2.05, 4.69) is 44.7 Å². The summed E-state index contributed by atoms with van der Waals surface area (Å²) in [4.78, 5) is 2.59. The number of hydrogen-bond donors (Lipinski definition) is 1. The summed E-state index contributed by atoms with van der Waals surface area (Å²) in [7, 11) is 1.65. The van der Waals surface area contributed by atoms with E-state index in [1.54, 1.807) is 7.11 Å². The normalized spacial score (nSPS) is 20.4. The number of nitrogens with zero attached hydrogens (tertiary/aromatic N) is 3. The predicted octanol–water partition coefficient (Wildman–Crippen LogP) is 3.76. The van der Waals surface area contributed by atoms with Crippen LogP contribution >= 0.6 is 0 Å². The number of piperidine rings is 1. The Hall–Kier alpha value is -3.10. The molecule has 0 saturated carbocycles. The van der Waals surface area contributed by atoms with Gasteiger partial charge in [0.15, 0.2) is 5.75 Å². The number of ether oxygens (including phenoxy) is 3. The minimum absolute atomic E-state index is 0.428. The Morgan fingerprint density at radius 3 is 2.88 bits per heavy atom. The number of nitrogens with one attached hydrogen (secondary N) is 1. The summed E-state index contributed by atoms with van der Waals surface area (Å²) in [6, 6.07) is 8.71. The molecule has 1 unspecified atom stereocenters. The third-order valence-corrected chi connectivity index (χ3v) is 7.06. The van der Waals surface area contributed by atoms with Crippen molar-refractivity contribution < 1.29 is 18.6 Å². The molecule has 0 radical (unpaired) electrons. The zero-order chi connectivity index (χ0) is 22.9. The highest BCUT2D eigenvalue weighted by molar-refractivity contribution is 5.86. The first kappa shape index (κ1) is 21.4. The molecule has 1 N–H and O–H groups in total. The first-order valence-electron chi connectivity index (χ1n) is 12.1. The average Bonchev–Trinajstić information content (AvgIpc) is 3.32. The quantitative estimate of drug-likeness (QED) is 0.593. The van der Waals surface area contributed by atoms with Gasteiger partial charge in [0.2, 0.25) is 0 Å². The molecule has 1 saturated heterocycles. The Kier molecular flexibility index (Phi) is 5.84. The highest BCUT2D eigenvalue weighted by Gasteiger charge is 2.27. The fraction of sp³-hybridized carbons (Fsp3) is 0.462. The van der Waals surface area contributed by atoms with E-state index in [0.717, 1.165) is 55.6 Å². The molecular weight excluding hydrogens is 432 g/mol. The van der Waals surface area contributed by atoms with E-state index in [0.29, 0.717) is 49.3 Å². The first-order chi connectivity index (χ1) is 16.8. The SMILES string of the molecule is COc1cc2ccc3c(c2o1)C(CN1CCC(NCc2cc4c(nn2)OCCO4)CC1)CC=C3. The fourth-order valence-electron chi connectivity index (χ4n) is 5.29. The average molecular weight is 463 g/mol. The molecule has 6 rings (SSSR count). The van der Waals surface area contributed by atoms with Crippen LogP contribution in [0, 0.1) is 0 Å². The lowest BCUT2D eigenvalue weighted by Gasteiger charge is -2.35. The van der Waals surface area contributed by atoms with E-state index >= 15 is 0 Å². The summed E-state index contributed by atoms with van der Waals surface area (Å²) in [6.45, 7) is 4.98. The van der Waals surface area contributed by atoms with Crippen LogP contribution in [-0.4, -0.2) is 61.1 Å². The maximum atomic E-state index is 6.05. The molecule has 2 aromatic heterocycles. The number of benzene rings is 1. The van der Waals surface area contributed by atoms with Gasteiger partial charge in [0.05, 0.1) is 12.8 Å². The van der Waals surface area contributed by atoms with Crippen LogP contribution in [0.25, 0.3) is 17.0 Å². The van der Waals surface area contributed by atoms with E-state index in [1.807, 2.05) is 12.1 Å². The van der Waals surface area contributed by atoms with Gasteiger partial charge in [-0.2, -0.15) is 5.10 Å². The zero-order valence-corrected chi connectivity index (χ0v) is 19.5. The molecule has 0 spiro atoms. The Bertz CT molecular complexity index is 1200. The minimum Gasteiger partial charge on any atom is -0.484 e. The molecule has 8 nitrogen and oxygen atoms in total. The van der Waals surface area contributed by atoms with Gasteiger partial charge in [-0.15, -0.1) is 5.10 Å². The van der Waals surface area contributed by atoms with Gasteiger partial charge in [-0.05, 0) is 37.9 Å². The van der Waals surface area contributed by atoms with Gasteiger partial charge < -0.3 is 28.8 Å². The number of aromatic nitrogens is 2. The lowest BCUT2D eigenvalue weighted by Crippen LogP contribution is -2.43. The second kappa shape index (κ2) is 9.27. The predicted molar refractivity (Wildman–Crippen MR) is 128 cm³/mol. The van der Waals surface area contributed by atoms with Crippen LogP contribution in [-0.2, 0) is 6.54 Å². The molecule has 1 aromatic carbocycles. The van der Waals surface area contributed by atoms with Crippen molar-refractivity contribution in [3.63, 3.8) is 0 Å². The molecule has 34 heavy (non-hydrogen) atoms. The van der Waals surface area contributed by atoms with Crippen molar-refractivity contribution in [2.24, 2.45) is 0 Å². The Morgan fingerprint density at radius 1 is 1.12 bits per heavy atom. The summed E-state index contributed by atoms with van der Waals surface area (Å²) in [5.74, 6) is 2.19. The summed E-state index contributed by atoms with van der Waals surface area (Å²) in [5, 5.41) is 13.2. The highest BCUT2D eigenvalue weighted by atomic mass is 16.6. The van der Waals surface area contributed by atoms with Crippen molar-refractivity contribution in [3.05, 3.63) is 47.2 Å². The number of hydrogen-bond acceptors (Lipinski definition) is 8. The maximum Gasteiger partial charge on any atom is 0.285 e. The summed E-state index contributed by atoms with van der Waals surface area (Å²) in [5.41, 5.74) is 4.44. The van der Waals surface area contributed by atoms with Gasteiger partial charge in [-0.1, -0.05) is 24.3 Å². The number of furan rings is 1. The fourth-order valence-corrected chi connectivity index (χ4v) is 5.29. The smallest absolute Gasteiger partial charge is 0.285 e. The molecule has 3 aliphatic rings. The van der Waals surface area contributed by atoms with Gasteiger partial charge in [0.1, 0.15) is 18.8 Å². The van der Waals surface area contributed by atoms with E-state index in [1.165, 1.54) is 11.1 Å². The van der Waals surface area contributed by atoms with Crippen LogP contribution < -0.4 is 19.5 Å². The van der Waals surface area contributed by atoms with Crippen LogP contribution in [0.3, 0.4) is 0 Å². The van der Waals surface area contributed by atoms with E-state index in [-0.39, 0.29) is 0 Å². The molecule has 1 fully saturated rings. The molecule has 3 aromatic rings. The third-order valence-electron chi connectivity index (χ3n) is 7.06. The maximum absolute atomic E-state index is 6.05. The molecule has 1 aliphatic carbocycles. The van der Waals surface area contributed by atoms with Crippen LogP contribution in [0.1, 0.15) is 42.0 Å². The standard InChI is InChI=1S/C26H30N4O4/c1-31-23-13-18-6-5-17-3-2-4-19(24(17)25(18)34-23)16-30-9-7-20(8-10-30)27-15-21-14-22-26(29-28-21)33-12-11-32-22/h2-3,5-6,13-14,19-20,27H,4,7-12,15-16H2,1H3. The molecule has 4 heterocycles. The number of likely N-dealkylation sites (tertiary alicyclic amines) is 1. The third kappa shape index (κ3) is 4.23. The molecule has 0 bridgehead atoms. The Labute approximate surface area is 198 Å². The number of methoxy groups -OCH3 is 1. The molecule has 8 heteroatoms. The zero-order valence-electron chi connectivity index (χ0n) is 19.5. The molecule has 0 amide bonds. The molecule has 2 aliphatic heterocycles. The van der Waals surface area contributed by atoms with Crippen LogP contribution in [0.15, 0.2) is 34.8 Å². The van der Waals surface area contributed by atoms with E-state index in [9.17, 15) is 0 Å². The van der Waals surface area contributed by atoms with Crippen molar-refractivity contribution in [3.8, 4) is 17.6 Å². The van der Waals surface area contributed by atoms with Crippen molar-refractivity contribution in [2.45, 2.75) is 37.8 Å². The number of rotatable bonds is 6. The van der Waals surface area contributed by atoms with Crippen molar-refractivity contribution in [2.75, 3.05) is 40.0 Å². The van der Waals surface area contributed by atoms with Crippen LogP contribution in [0.4, 0.5) is 0 Å². The van der Waals surface area contributed by atoms with Gasteiger partial charge in [0.25, 0.3) is 11.8 Å². The van der Waals surface area contributed by atoms with Gasteiger partial charge in [-0.25, -0.2) is 0 Å². The van der Waals surface area contributed by atoms with Crippen LogP contribution in [0.5, 0.6) is 17.6 Å². The van der Waals surface area contributed by atoms with Crippen molar-refractivity contribution in [1.82, 2.24) is 20.4 Å². The van der Waals surface area contributed by atoms with Crippen molar-refractivity contribution >= 4 is 17.0 Å². The monoisotopic (exact) mass is 462 g/mol. The van der Waals surface area contributed by atoms with Crippen molar-refractivity contribution in [1.29, 1.82) is 0 Å². The lowest BCUT2D eigenvalue weighted by molar-refractivity contribution is 0.161. The Morgan fingerprint density at radius 2 is 2.00 bits per heavy atom. The van der Waals surface area contributed by atoms with E-state index in [4.69, 9.17) is 18.6 Å². The Balaban J connectivity index is 1.06. The van der Waals surface area contributed by atoms with Gasteiger partial charge >= 0.3 is 0 Å². The van der Waals surface area contributed by atoms with Gasteiger partial charge in [-0.3, -0.25) is 0 Å². The largest absolute Gasteiger partial charge is 0.484 e. The summed E-state index contributed by atoms with van der Waals surface area (Å²) < 4.78 is 22.5. The summed E-state index contributed by atoms with van der Waals surface area (Å²) in [6.07, 6.45) is 7.79. The molecule has 1 atom stereocenters. The second-order valence-corrected chi connectivity index (χ2v) is 9.25. The highest BCUT2D eigenvalue weighted by Crippen LogP contribution is 2.39. The topological polar surface area (TPSA) is 81.9 Å². The minimum atomic E-state index is 0.428. The number of allylic oxidation sites excluding steroid dienone is 1. The lowest BCUT2D eigenvalue weighted by atomic mass is 9.85. The number of fused-ring (bicyclic) bond motifs is 4. The van der Waals surface area contributed by atoms with Gasteiger partial charge in [0, 0.05) is 48.1 Å². The van der Waals surface area contributed by atoms with Crippen LogP contribution in [0.2, 0.25) is 0 Å². The summed E-state index contributed by atoms with van der Waals surface area (Å²) >= 11 is 0. The van der Waals surface area contributed by atoms with E-state index < -0.39 is 0 Å².